The number of hydrogen-bond acceptors (Lipinski definition) is 1. The molecule has 0 amide bonds. The summed E-state index contributed by atoms with van der Waals surface area (Å²) >= 11 is 0. The van der Waals surface area contributed by atoms with Crippen LogP contribution in [0.3, 0.4) is 0 Å². The Bertz CT molecular complexity index is 284. The van der Waals surface area contributed by atoms with Gasteiger partial charge in [0.05, 0.1) is 6.10 Å². The summed E-state index contributed by atoms with van der Waals surface area (Å²) in [6.45, 7) is 5.75. The van der Waals surface area contributed by atoms with Crippen LogP contribution in [0.1, 0.15) is 51.9 Å². The molecule has 0 saturated heterocycles. The summed E-state index contributed by atoms with van der Waals surface area (Å²) in [4.78, 5) is 0. The van der Waals surface area contributed by atoms with Crippen molar-refractivity contribution in [2.75, 3.05) is 0 Å². The second-order valence-electron chi connectivity index (χ2n) is 4.56. The highest BCUT2D eigenvalue weighted by atomic mass is 16.3. The van der Waals surface area contributed by atoms with Gasteiger partial charge in [-0.25, -0.2) is 0 Å². The van der Waals surface area contributed by atoms with Gasteiger partial charge in [0.2, 0.25) is 0 Å². The fourth-order valence-electron chi connectivity index (χ4n) is 1.64. The maximum absolute atomic E-state index is 9.44. The van der Waals surface area contributed by atoms with Crippen LogP contribution in [0.25, 0.3) is 0 Å². The first-order valence-corrected chi connectivity index (χ1v) is 7.36. The number of rotatable bonds is 11. The largest absolute Gasteiger partial charge is 0.389 e. The lowest BCUT2D eigenvalue weighted by molar-refractivity contribution is 0.227. The normalized spacial score (nSPS) is 14.5. The van der Waals surface area contributed by atoms with E-state index in [1.807, 2.05) is 19.1 Å². The van der Waals surface area contributed by atoms with E-state index in [0.717, 1.165) is 19.3 Å². The maximum atomic E-state index is 9.44. The molecule has 0 aliphatic rings. The second kappa shape index (κ2) is 15.0. The first kappa shape index (κ1) is 17.9. The minimum absolute atomic E-state index is 0.341. The molecule has 0 bridgehead atoms. The van der Waals surface area contributed by atoms with Crippen LogP contribution in [0.15, 0.2) is 48.6 Å². The number of unbranched alkanes of at least 4 members (excludes halogenated alkanes) is 3. The van der Waals surface area contributed by atoms with Gasteiger partial charge in [-0.3, -0.25) is 0 Å². The Morgan fingerprint density at radius 1 is 0.947 bits per heavy atom. The van der Waals surface area contributed by atoms with Crippen LogP contribution >= 0.6 is 0 Å². The van der Waals surface area contributed by atoms with Crippen molar-refractivity contribution >= 4 is 0 Å². The molecule has 1 heteroatoms. The van der Waals surface area contributed by atoms with Gasteiger partial charge < -0.3 is 12.0 Å². The van der Waals surface area contributed by atoms with Crippen LogP contribution in [0.5, 0.6) is 0 Å². The third-order valence-corrected chi connectivity index (χ3v) is 2.71. The fraction of sp³-hybridized carbons (Fsp3) is 0.500. The van der Waals surface area contributed by atoms with Gasteiger partial charge >= 0.3 is 0 Å². The van der Waals surface area contributed by atoms with Crippen LogP contribution < -0.4 is 0 Å². The summed E-state index contributed by atoms with van der Waals surface area (Å²) in [5.74, 6) is 0. The zero-order valence-electron chi connectivity index (χ0n) is 12.3. The van der Waals surface area contributed by atoms with E-state index in [1.165, 1.54) is 19.3 Å². The molecule has 1 nitrogen and oxygen atoms in total. The van der Waals surface area contributed by atoms with E-state index in [0.29, 0.717) is 6.42 Å². The van der Waals surface area contributed by atoms with Gasteiger partial charge in [-0.05, 0) is 32.6 Å². The molecule has 1 unspecified atom stereocenters. The van der Waals surface area contributed by atoms with Crippen molar-refractivity contribution in [1.29, 1.82) is 0 Å². The molecular weight excluding hydrogens is 232 g/mol. The highest BCUT2D eigenvalue weighted by Gasteiger charge is 1.91. The summed E-state index contributed by atoms with van der Waals surface area (Å²) in [5.41, 5.74) is 0. The molecule has 0 aromatic rings. The van der Waals surface area contributed by atoms with Crippen LogP contribution in [-0.2, 0) is 0 Å². The monoisotopic (exact) mass is 261 g/mol. The molecule has 0 rings (SSSR count). The lowest BCUT2D eigenvalue weighted by Crippen LogP contribution is -1.98. The van der Waals surface area contributed by atoms with Crippen LogP contribution in [0.4, 0.5) is 0 Å². The Morgan fingerprint density at radius 3 is 2.21 bits per heavy atom. The van der Waals surface area contributed by atoms with Crippen LogP contribution in [0.2, 0.25) is 0 Å². The van der Waals surface area contributed by atoms with Gasteiger partial charge in [-0.15, -0.1) is 0 Å². The molecule has 0 radical (unpaired) electrons. The molecule has 0 aromatic carbocycles. The number of hydrogen-bond donors (Lipinski definition) is 1. The Morgan fingerprint density at radius 2 is 1.58 bits per heavy atom. The summed E-state index contributed by atoms with van der Waals surface area (Å²) in [7, 11) is 0. The molecule has 0 aromatic heterocycles. The highest BCUT2D eigenvalue weighted by molar-refractivity contribution is 4.99. The molecule has 0 saturated carbocycles. The first-order valence-electron chi connectivity index (χ1n) is 7.36. The molecule has 0 spiro atoms. The zero-order valence-corrected chi connectivity index (χ0v) is 12.3. The average Bonchev–Trinajstić information content (AvgIpc) is 2.40. The predicted molar refractivity (Wildman–Crippen MR) is 85.9 cm³/mol. The van der Waals surface area contributed by atoms with E-state index in [9.17, 15) is 5.11 Å². The van der Waals surface area contributed by atoms with Crippen LogP contribution in [-0.4, -0.2) is 11.2 Å². The smallest absolute Gasteiger partial charge is 0.0755 e. The molecule has 0 fully saturated rings. The van der Waals surface area contributed by atoms with E-state index in [2.05, 4.69) is 37.3 Å². The lowest BCUT2D eigenvalue weighted by Gasteiger charge is -1.98. The first-order chi connectivity index (χ1) is 9.31. The molecule has 0 aliphatic heterocycles. The standard InChI is InChI=1S/C18H29O/c1-3-5-6-7-8-9-10-11-12-13-14-15-17-18(19)16-4-2/h4,8-9,11-12,14-16,18-19H,1,3,5-7,10,13,17H2,2H3/q-1/b9-8-,12-11-,15-14-,16-4+. The fourth-order valence-corrected chi connectivity index (χ4v) is 1.64. The van der Waals surface area contributed by atoms with E-state index in [4.69, 9.17) is 0 Å². The third-order valence-electron chi connectivity index (χ3n) is 2.71. The quantitative estimate of drug-likeness (QED) is 0.309. The summed E-state index contributed by atoms with van der Waals surface area (Å²) in [5, 5.41) is 9.44. The molecule has 108 valence electrons. The molecule has 0 aliphatic carbocycles. The zero-order chi connectivity index (χ0) is 14.2. The topological polar surface area (TPSA) is 20.2 Å². The van der Waals surface area contributed by atoms with Gasteiger partial charge in [0, 0.05) is 0 Å². The van der Waals surface area contributed by atoms with E-state index < -0.39 is 0 Å². The van der Waals surface area contributed by atoms with Crippen molar-refractivity contribution in [2.45, 2.75) is 58.0 Å². The van der Waals surface area contributed by atoms with E-state index in [1.54, 1.807) is 6.08 Å². The van der Waals surface area contributed by atoms with Crippen molar-refractivity contribution in [3.8, 4) is 0 Å². The predicted octanol–water partition coefficient (Wildman–Crippen LogP) is 5.16. The summed E-state index contributed by atoms with van der Waals surface area (Å²) < 4.78 is 0. The molecule has 19 heavy (non-hydrogen) atoms. The van der Waals surface area contributed by atoms with Crippen molar-refractivity contribution < 1.29 is 5.11 Å². The van der Waals surface area contributed by atoms with Crippen molar-refractivity contribution in [1.82, 2.24) is 0 Å². The molecule has 1 atom stereocenters. The van der Waals surface area contributed by atoms with Gasteiger partial charge in [0.25, 0.3) is 0 Å². The number of allylic oxidation sites excluding steroid dienone is 6. The molecule has 0 heterocycles. The van der Waals surface area contributed by atoms with Gasteiger partial charge in [-0.2, -0.15) is 6.42 Å². The summed E-state index contributed by atoms with van der Waals surface area (Å²) in [6.07, 6.45) is 23.6. The Hall–Kier alpha value is -1.08. The van der Waals surface area contributed by atoms with Crippen molar-refractivity contribution in [3.05, 3.63) is 55.5 Å². The second-order valence-corrected chi connectivity index (χ2v) is 4.56. The minimum atomic E-state index is -0.341. The number of aliphatic hydroxyl groups excluding tert-OH is 1. The average molecular weight is 261 g/mol. The van der Waals surface area contributed by atoms with E-state index in [-0.39, 0.29) is 6.10 Å². The lowest BCUT2D eigenvalue weighted by atomic mass is 10.2. The van der Waals surface area contributed by atoms with Gasteiger partial charge in [0.1, 0.15) is 0 Å². The van der Waals surface area contributed by atoms with Gasteiger partial charge in [-0.1, -0.05) is 61.4 Å². The Balaban J connectivity index is 3.45. The van der Waals surface area contributed by atoms with Crippen molar-refractivity contribution in [3.63, 3.8) is 0 Å². The van der Waals surface area contributed by atoms with Crippen molar-refractivity contribution in [2.24, 2.45) is 0 Å². The maximum Gasteiger partial charge on any atom is 0.0755 e. The highest BCUT2D eigenvalue weighted by Crippen LogP contribution is 2.01. The van der Waals surface area contributed by atoms with Crippen LogP contribution in [0, 0.1) is 6.92 Å². The molecular formula is C18H29O-. The number of aliphatic hydroxyl groups is 1. The SMILES string of the molecule is [CH2-]CCCC/C=C\C/C=C\C/C=C\CC(O)/C=C/C. The Kier molecular flexibility index (Phi) is 14.1. The molecule has 1 N–H and O–H groups in total. The summed E-state index contributed by atoms with van der Waals surface area (Å²) in [6, 6.07) is 0. The minimum Gasteiger partial charge on any atom is -0.389 e. The van der Waals surface area contributed by atoms with Gasteiger partial charge in [0.15, 0.2) is 0 Å². The Labute approximate surface area is 119 Å². The third kappa shape index (κ3) is 14.9. The van der Waals surface area contributed by atoms with E-state index >= 15 is 0 Å².